The summed E-state index contributed by atoms with van der Waals surface area (Å²) in [6, 6.07) is 11.8. The van der Waals surface area contributed by atoms with Crippen LogP contribution in [0.15, 0.2) is 30.3 Å². The van der Waals surface area contributed by atoms with Crippen molar-refractivity contribution in [1.29, 1.82) is 5.26 Å². The zero-order chi connectivity index (χ0) is 25.7. The van der Waals surface area contributed by atoms with Gasteiger partial charge in [-0.2, -0.15) is 5.26 Å². The fraction of sp³-hybridized carbons (Fsp3) is 0.414. The molecule has 1 heterocycles. The highest BCUT2D eigenvalue weighted by molar-refractivity contribution is 6.21. The number of ketones is 2. The van der Waals surface area contributed by atoms with Crippen molar-refractivity contribution in [3.8, 4) is 6.07 Å². The SMILES string of the molecule is CCN(CCN(C)C(C)C)c1cc2c(cc1C(C)=O)C(=O)c1c([nH]c3cc(C#N)ccc13)C2(C)C. The van der Waals surface area contributed by atoms with E-state index in [0.717, 1.165) is 47.5 Å². The van der Waals surface area contributed by atoms with E-state index in [1.807, 2.05) is 6.07 Å². The second-order valence-corrected chi connectivity index (χ2v) is 10.3. The lowest BCUT2D eigenvalue weighted by atomic mass is 9.70. The summed E-state index contributed by atoms with van der Waals surface area (Å²) < 4.78 is 0. The lowest BCUT2D eigenvalue weighted by Gasteiger charge is -2.35. The molecule has 0 radical (unpaired) electrons. The fourth-order valence-corrected chi connectivity index (χ4v) is 5.06. The Labute approximate surface area is 207 Å². The van der Waals surface area contributed by atoms with E-state index in [2.05, 4.69) is 68.6 Å². The number of fused-ring (bicyclic) bond motifs is 4. The minimum atomic E-state index is -0.484. The van der Waals surface area contributed by atoms with Crippen LogP contribution in [0.3, 0.4) is 0 Å². The maximum absolute atomic E-state index is 13.8. The molecule has 182 valence electrons. The molecule has 0 spiro atoms. The van der Waals surface area contributed by atoms with Crippen molar-refractivity contribution < 1.29 is 9.59 Å². The molecule has 35 heavy (non-hydrogen) atoms. The van der Waals surface area contributed by atoms with Crippen LogP contribution >= 0.6 is 0 Å². The standard InChI is InChI=1S/C29H34N4O2/c1-8-33(12-11-32(7)17(2)3)25-15-23-22(14-21(25)18(4)34)27(35)26-20-10-9-19(16-30)13-24(20)31-28(26)29(23,5)6/h9-10,13-15,17,31H,8,11-12H2,1-7H3. The number of anilines is 1. The maximum atomic E-state index is 13.8. The number of Topliss-reactive ketones (excluding diaryl/α,β-unsaturated/α-hetero) is 1. The van der Waals surface area contributed by atoms with Gasteiger partial charge in [0.25, 0.3) is 0 Å². The van der Waals surface area contributed by atoms with Crippen LogP contribution in [0.4, 0.5) is 5.69 Å². The molecule has 0 unspecified atom stereocenters. The lowest BCUT2D eigenvalue weighted by molar-refractivity contribution is 0.101. The Morgan fingerprint density at radius 3 is 2.49 bits per heavy atom. The van der Waals surface area contributed by atoms with E-state index in [1.165, 1.54) is 0 Å². The Kier molecular flexibility index (Phi) is 6.33. The van der Waals surface area contributed by atoms with E-state index in [0.29, 0.717) is 28.3 Å². The van der Waals surface area contributed by atoms with Crippen molar-refractivity contribution >= 4 is 28.2 Å². The van der Waals surface area contributed by atoms with Crippen LogP contribution in [-0.2, 0) is 5.41 Å². The van der Waals surface area contributed by atoms with Crippen molar-refractivity contribution in [3.05, 3.63) is 63.8 Å². The van der Waals surface area contributed by atoms with Crippen molar-refractivity contribution in [2.45, 2.75) is 53.0 Å². The van der Waals surface area contributed by atoms with Gasteiger partial charge in [-0.15, -0.1) is 0 Å². The summed E-state index contributed by atoms with van der Waals surface area (Å²) in [5.74, 6) is -0.130. The summed E-state index contributed by atoms with van der Waals surface area (Å²) in [6.07, 6.45) is 0. The summed E-state index contributed by atoms with van der Waals surface area (Å²) in [5, 5.41) is 10.1. The van der Waals surface area contributed by atoms with Crippen molar-refractivity contribution in [1.82, 2.24) is 9.88 Å². The molecule has 6 heteroatoms. The van der Waals surface area contributed by atoms with E-state index in [1.54, 1.807) is 25.1 Å². The second-order valence-electron chi connectivity index (χ2n) is 10.3. The highest BCUT2D eigenvalue weighted by Gasteiger charge is 2.40. The number of carbonyl (C=O) groups is 2. The zero-order valence-electron chi connectivity index (χ0n) is 21.7. The quantitative estimate of drug-likeness (QED) is 0.475. The van der Waals surface area contributed by atoms with Crippen LogP contribution in [0.2, 0.25) is 0 Å². The first-order valence-corrected chi connectivity index (χ1v) is 12.3. The third-order valence-electron chi connectivity index (χ3n) is 7.54. The van der Waals surface area contributed by atoms with Gasteiger partial charge in [-0.1, -0.05) is 19.9 Å². The summed E-state index contributed by atoms with van der Waals surface area (Å²) in [6.45, 7) is 14.6. The number of benzene rings is 2. The molecule has 0 fully saturated rings. The molecule has 1 aliphatic carbocycles. The molecule has 6 nitrogen and oxygen atoms in total. The molecule has 0 saturated carbocycles. The highest BCUT2D eigenvalue weighted by Crippen LogP contribution is 2.45. The van der Waals surface area contributed by atoms with E-state index in [-0.39, 0.29) is 11.6 Å². The third-order valence-corrected chi connectivity index (χ3v) is 7.54. The van der Waals surface area contributed by atoms with Gasteiger partial charge in [0.05, 0.1) is 17.2 Å². The fourth-order valence-electron chi connectivity index (χ4n) is 5.06. The molecule has 3 aromatic rings. The number of carbonyl (C=O) groups excluding carboxylic acids is 2. The smallest absolute Gasteiger partial charge is 0.195 e. The first kappa shape index (κ1) is 24.7. The molecule has 0 aliphatic heterocycles. The van der Waals surface area contributed by atoms with Gasteiger partial charge in [-0.05, 0) is 64.6 Å². The van der Waals surface area contributed by atoms with Crippen LogP contribution in [0.25, 0.3) is 10.9 Å². The molecule has 1 aliphatic rings. The van der Waals surface area contributed by atoms with Crippen molar-refractivity contribution in [2.24, 2.45) is 0 Å². The number of likely N-dealkylation sites (N-methyl/N-ethyl adjacent to an activating group) is 2. The summed E-state index contributed by atoms with van der Waals surface area (Å²) >= 11 is 0. The minimum absolute atomic E-state index is 0.0487. The van der Waals surface area contributed by atoms with Crippen LogP contribution in [0.5, 0.6) is 0 Å². The van der Waals surface area contributed by atoms with Gasteiger partial charge in [0.15, 0.2) is 11.6 Å². The number of hydrogen-bond acceptors (Lipinski definition) is 5. The highest BCUT2D eigenvalue weighted by atomic mass is 16.1. The zero-order valence-corrected chi connectivity index (χ0v) is 21.7. The first-order chi connectivity index (χ1) is 16.5. The Morgan fingerprint density at radius 2 is 1.89 bits per heavy atom. The summed E-state index contributed by atoms with van der Waals surface area (Å²) in [7, 11) is 2.11. The van der Waals surface area contributed by atoms with Crippen LogP contribution in [0, 0.1) is 11.3 Å². The molecule has 2 aromatic carbocycles. The van der Waals surface area contributed by atoms with E-state index in [9.17, 15) is 14.9 Å². The van der Waals surface area contributed by atoms with Crippen molar-refractivity contribution in [3.63, 3.8) is 0 Å². The number of nitriles is 1. The summed E-state index contributed by atoms with van der Waals surface area (Å²) in [4.78, 5) is 34.6. The predicted octanol–water partition coefficient (Wildman–Crippen LogP) is 5.28. The molecule has 0 bridgehead atoms. The van der Waals surface area contributed by atoms with E-state index in [4.69, 9.17) is 0 Å². The van der Waals surface area contributed by atoms with Gasteiger partial charge in [-0.25, -0.2) is 0 Å². The largest absolute Gasteiger partial charge is 0.370 e. The second kappa shape index (κ2) is 8.98. The Bertz CT molecular complexity index is 1370. The van der Waals surface area contributed by atoms with Gasteiger partial charge in [0, 0.05) is 64.5 Å². The number of nitrogens with one attached hydrogen (secondary N) is 1. The molecular formula is C29H34N4O2. The Balaban J connectivity index is 1.88. The van der Waals surface area contributed by atoms with E-state index < -0.39 is 5.41 Å². The average Bonchev–Trinajstić information content (AvgIpc) is 3.22. The number of hydrogen-bond donors (Lipinski definition) is 1. The lowest BCUT2D eigenvalue weighted by Crippen LogP contribution is -2.37. The first-order valence-electron chi connectivity index (χ1n) is 12.3. The van der Waals surface area contributed by atoms with Gasteiger partial charge in [0.2, 0.25) is 0 Å². The average molecular weight is 471 g/mol. The third kappa shape index (κ3) is 4.04. The molecule has 0 saturated heterocycles. The summed E-state index contributed by atoms with van der Waals surface area (Å²) in [5.41, 5.74) is 5.28. The minimum Gasteiger partial charge on any atom is -0.370 e. The van der Waals surface area contributed by atoms with Crippen molar-refractivity contribution in [2.75, 3.05) is 31.6 Å². The molecule has 1 N–H and O–H groups in total. The number of nitrogens with zero attached hydrogens (tertiary/aromatic N) is 3. The molecule has 0 atom stereocenters. The molecule has 1 aromatic heterocycles. The number of rotatable bonds is 7. The molecule has 0 amide bonds. The monoisotopic (exact) mass is 470 g/mol. The van der Waals surface area contributed by atoms with Gasteiger partial charge in [-0.3, -0.25) is 9.59 Å². The van der Waals surface area contributed by atoms with E-state index >= 15 is 0 Å². The predicted molar refractivity (Wildman–Crippen MR) is 141 cm³/mol. The number of aromatic nitrogens is 1. The maximum Gasteiger partial charge on any atom is 0.195 e. The Morgan fingerprint density at radius 1 is 1.17 bits per heavy atom. The topological polar surface area (TPSA) is 80.2 Å². The molecule has 4 rings (SSSR count). The van der Waals surface area contributed by atoms with Gasteiger partial charge < -0.3 is 14.8 Å². The van der Waals surface area contributed by atoms with Gasteiger partial charge in [0.1, 0.15) is 0 Å². The number of H-pyrrole nitrogens is 1. The molecular weight excluding hydrogens is 436 g/mol. The van der Waals surface area contributed by atoms with Crippen LogP contribution in [0.1, 0.15) is 84.6 Å². The normalized spacial score (nSPS) is 14.2. The van der Waals surface area contributed by atoms with Crippen LogP contribution < -0.4 is 4.90 Å². The number of aromatic amines is 1. The van der Waals surface area contributed by atoms with Crippen LogP contribution in [-0.4, -0.2) is 54.2 Å². The van der Waals surface area contributed by atoms with Gasteiger partial charge >= 0.3 is 0 Å². The Hall–Kier alpha value is -3.43.